The molecule has 0 radical (unpaired) electrons. The lowest BCUT2D eigenvalue weighted by Gasteiger charge is -2.10. The Morgan fingerprint density at radius 1 is 0.955 bits per heavy atom. The maximum absolute atomic E-state index is 12.5. The molecule has 0 aliphatic rings. The van der Waals surface area contributed by atoms with Gasteiger partial charge in [0.1, 0.15) is 0 Å². The zero-order valence-corrected chi connectivity index (χ0v) is 13.2. The first-order chi connectivity index (χ1) is 10.5. The van der Waals surface area contributed by atoms with E-state index >= 15 is 0 Å². The number of nitrogens with zero attached hydrogens (tertiary/aromatic N) is 1. The third kappa shape index (κ3) is 2.80. The summed E-state index contributed by atoms with van der Waals surface area (Å²) in [6.45, 7) is 3.87. The lowest BCUT2D eigenvalue weighted by molar-refractivity contribution is 0.601. The number of aryl methyl sites for hydroxylation is 2. The summed E-state index contributed by atoms with van der Waals surface area (Å²) in [7, 11) is -3.62. The van der Waals surface area contributed by atoms with Crippen LogP contribution in [0.25, 0.3) is 10.9 Å². The van der Waals surface area contributed by atoms with E-state index in [4.69, 9.17) is 0 Å². The summed E-state index contributed by atoms with van der Waals surface area (Å²) in [6, 6.07) is 14.2. The molecule has 0 aliphatic carbocycles. The van der Waals surface area contributed by atoms with Crippen molar-refractivity contribution in [3.8, 4) is 0 Å². The predicted molar refractivity (Wildman–Crippen MR) is 88.5 cm³/mol. The number of nitrogens with one attached hydrogen (secondary N) is 1. The Kier molecular flexibility index (Phi) is 3.58. The third-order valence-corrected chi connectivity index (χ3v) is 4.80. The van der Waals surface area contributed by atoms with E-state index in [0.29, 0.717) is 11.2 Å². The van der Waals surface area contributed by atoms with E-state index in [1.807, 2.05) is 32.0 Å². The van der Waals surface area contributed by atoms with Crippen LogP contribution in [0.4, 0.5) is 5.69 Å². The largest absolute Gasteiger partial charge is 0.277 e. The number of hydrogen-bond donors (Lipinski definition) is 1. The topological polar surface area (TPSA) is 59.1 Å². The van der Waals surface area contributed by atoms with Crippen molar-refractivity contribution in [1.29, 1.82) is 0 Å². The molecule has 0 unspecified atom stereocenters. The van der Waals surface area contributed by atoms with E-state index in [1.165, 1.54) is 0 Å². The summed E-state index contributed by atoms with van der Waals surface area (Å²) >= 11 is 0. The van der Waals surface area contributed by atoms with Crippen LogP contribution >= 0.6 is 0 Å². The minimum atomic E-state index is -3.62. The van der Waals surface area contributed by atoms with E-state index in [0.717, 1.165) is 16.5 Å². The minimum Gasteiger partial charge on any atom is -0.277 e. The van der Waals surface area contributed by atoms with Gasteiger partial charge in [0.2, 0.25) is 0 Å². The SMILES string of the molecule is Cc1ccc(S(=O)(=O)Nc2cccc3cc(C)cnc23)cc1. The minimum absolute atomic E-state index is 0.238. The Bertz CT molecular complexity index is 933. The molecule has 1 N–H and O–H groups in total. The first-order valence-corrected chi connectivity index (χ1v) is 8.39. The number of anilines is 1. The van der Waals surface area contributed by atoms with Crippen molar-refractivity contribution < 1.29 is 8.42 Å². The molecule has 3 aromatic rings. The normalized spacial score (nSPS) is 11.5. The van der Waals surface area contributed by atoms with Crippen LogP contribution in [0, 0.1) is 13.8 Å². The lowest BCUT2D eigenvalue weighted by Crippen LogP contribution is -2.13. The number of para-hydroxylation sites is 1. The predicted octanol–water partition coefficient (Wildman–Crippen LogP) is 3.65. The highest BCUT2D eigenvalue weighted by atomic mass is 32.2. The molecule has 0 atom stereocenters. The molecule has 0 bridgehead atoms. The third-order valence-electron chi connectivity index (χ3n) is 3.42. The van der Waals surface area contributed by atoms with Crippen LogP contribution in [0.3, 0.4) is 0 Å². The van der Waals surface area contributed by atoms with Gasteiger partial charge in [-0.15, -0.1) is 0 Å². The first-order valence-electron chi connectivity index (χ1n) is 6.90. The second-order valence-electron chi connectivity index (χ2n) is 5.31. The Morgan fingerprint density at radius 3 is 2.41 bits per heavy atom. The highest BCUT2D eigenvalue weighted by Gasteiger charge is 2.15. The molecule has 2 aromatic carbocycles. The summed E-state index contributed by atoms with van der Waals surface area (Å²) < 4.78 is 27.6. The van der Waals surface area contributed by atoms with Crippen molar-refractivity contribution in [1.82, 2.24) is 4.98 Å². The van der Waals surface area contributed by atoms with Gasteiger partial charge in [0.05, 0.1) is 16.1 Å². The summed E-state index contributed by atoms with van der Waals surface area (Å²) in [5, 5.41) is 0.907. The summed E-state index contributed by atoms with van der Waals surface area (Å²) in [5.74, 6) is 0. The summed E-state index contributed by atoms with van der Waals surface area (Å²) in [5.41, 5.74) is 3.18. The number of hydrogen-bond acceptors (Lipinski definition) is 3. The monoisotopic (exact) mass is 312 g/mol. The second kappa shape index (κ2) is 5.42. The molecule has 1 aromatic heterocycles. The zero-order valence-electron chi connectivity index (χ0n) is 12.4. The van der Waals surface area contributed by atoms with Crippen molar-refractivity contribution in [2.75, 3.05) is 4.72 Å². The van der Waals surface area contributed by atoms with Gasteiger partial charge in [-0.05, 0) is 43.7 Å². The summed E-state index contributed by atoms with van der Waals surface area (Å²) in [6.07, 6.45) is 1.73. The second-order valence-corrected chi connectivity index (χ2v) is 6.99. The number of pyridine rings is 1. The molecule has 3 rings (SSSR count). The fourth-order valence-electron chi connectivity index (χ4n) is 2.27. The van der Waals surface area contributed by atoms with Gasteiger partial charge in [0.15, 0.2) is 0 Å². The molecule has 0 fully saturated rings. The molecule has 0 saturated heterocycles. The molecule has 4 nitrogen and oxygen atoms in total. The van der Waals surface area contributed by atoms with Gasteiger partial charge >= 0.3 is 0 Å². The number of fused-ring (bicyclic) bond motifs is 1. The first kappa shape index (κ1) is 14.5. The van der Waals surface area contributed by atoms with Gasteiger partial charge in [-0.3, -0.25) is 9.71 Å². The van der Waals surface area contributed by atoms with Crippen LogP contribution in [-0.2, 0) is 10.0 Å². The maximum Gasteiger partial charge on any atom is 0.261 e. The molecular formula is C17H16N2O2S. The Hall–Kier alpha value is -2.40. The van der Waals surface area contributed by atoms with Gasteiger partial charge in [-0.1, -0.05) is 29.8 Å². The highest BCUT2D eigenvalue weighted by Crippen LogP contribution is 2.24. The van der Waals surface area contributed by atoms with Gasteiger partial charge in [0.25, 0.3) is 10.0 Å². The van der Waals surface area contributed by atoms with Crippen LogP contribution in [-0.4, -0.2) is 13.4 Å². The van der Waals surface area contributed by atoms with Gasteiger partial charge in [-0.25, -0.2) is 8.42 Å². The maximum atomic E-state index is 12.5. The molecule has 0 aliphatic heterocycles. The number of aromatic nitrogens is 1. The van der Waals surface area contributed by atoms with Crippen molar-refractivity contribution in [3.05, 3.63) is 65.9 Å². The van der Waals surface area contributed by atoms with Gasteiger partial charge < -0.3 is 0 Å². The molecule has 5 heteroatoms. The smallest absolute Gasteiger partial charge is 0.261 e. The van der Waals surface area contributed by atoms with Crippen LogP contribution in [0.2, 0.25) is 0 Å². The van der Waals surface area contributed by atoms with E-state index in [9.17, 15) is 8.42 Å². The van der Waals surface area contributed by atoms with Crippen molar-refractivity contribution in [2.45, 2.75) is 18.7 Å². The fourth-order valence-corrected chi connectivity index (χ4v) is 3.34. The van der Waals surface area contributed by atoms with Crippen LogP contribution < -0.4 is 4.72 Å². The molecule has 0 amide bonds. The number of benzene rings is 2. The number of rotatable bonds is 3. The highest BCUT2D eigenvalue weighted by molar-refractivity contribution is 7.92. The molecule has 1 heterocycles. The van der Waals surface area contributed by atoms with E-state index in [1.54, 1.807) is 36.5 Å². The molecule has 0 saturated carbocycles. The van der Waals surface area contributed by atoms with E-state index in [2.05, 4.69) is 9.71 Å². The summed E-state index contributed by atoms with van der Waals surface area (Å²) in [4.78, 5) is 4.58. The van der Waals surface area contributed by atoms with E-state index in [-0.39, 0.29) is 4.90 Å². The quantitative estimate of drug-likeness (QED) is 0.803. The average molecular weight is 312 g/mol. The Labute approximate surface area is 129 Å². The molecule has 112 valence electrons. The van der Waals surface area contributed by atoms with Crippen LogP contribution in [0.5, 0.6) is 0 Å². The fraction of sp³-hybridized carbons (Fsp3) is 0.118. The van der Waals surface area contributed by atoms with Gasteiger partial charge in [-0.2, -0.15) is 0 Å². The molecule has 0 spiro atoms. The zero-order chi connectivity index (χ0) is 15.7. The van der Waals surface area contributed by atoms with Crippen molar-refractivity contribution in [3.63, 3.8) is 0 Å². The Morgan fingerprint density at radius 2 is 1.68 bits per heavy atom. The van der Waals surface area contributed by atoms with Crippen LogP contribution in [0.1, 0.15) is 11.1 Å². The lowest BCUT2D eigenvalue weighted by atomic mass is 10.1. The van der Waals surface area contributed by atoms with Crippen molar-refractivity contribution >= 4 is 26.6 Å². The molecule has 22 heavy (non-hydrogen) atoms. The average Bonchev–Trinajstić information content (AvgIpc) is 2.47. The van der Waals surface area contributed by atoms with Crippen molar-refractivity contribution in [2.24, 2.45) is 0 Å². The molecular weight excluding hydrogens is 296 g/mol. The standard InChI is InChI=1S/C17H16N2O2S/c1-12-6-8-15(9-7-12)22(20,21)19-16-5-3-4-14-10-13(2)11-18-17(14)16/h3-11,19H,1-2H3. The number of sulfonamides is 1. The Balaban J connectivity index is 2.04. The van der Waals surface area contributed by atoms with Crippen LogP contribution in [0.15, 0.2) is 59.6 Å². The van der Waals surface area contributed by atoms with Gasteiger partial charge in [0, 0.05) is 11.6 Å². The van der Waals surface area contributed by atoms with E-state index < -0.39 is 10.0 Å².